The molecule has 3 nitrogen and oxygen atoms in total. The fourth-order valence-corrected chi connectivity index (χ4v) is 1.99. The van der Waals surface area contributed by atoms with Gasteiger partial charge in [-0.1, -0.05) is 27.7 Å². The van der Waals surface area contributed by atoms with Crippen molar-refractivity contribution >= 4 is 0 Å². The Morgan fingerprint density at radius 2 is 1.59 bits per heavy atom. The largest absolute Gasteiger partial charge is 0.385 e. The van der Waals surface area contributed by atoms with Crippen LogP contribution < -0.4 is 5.32 Å². The van der Waals surface area contributed by atoms with Crippen LogP contribution in [0.4, 0.5) is 0 Å². The Kier molecular flexibility index (Phi) is 10.9. The molecule has 0 fully saturated rings. The molecule has 0 spiro atoms. The summed E-state index contributed by atoms with van der Waals surface area (Å²) in [6, 6.07) is 0. The average Bonchev–Trinajstić information content (AvgIpc) is 2.21. The average molecular weight is 244 g/mol. The van der Waals surface area contributed by atoms with Gasteiger partial charge in [-0.15, -0.1) is 0 Å². The van der Waals surface area contributed by atoms with Crippen molar-refractivity contribution in [1.82, 2.24) is 10.2 Å². The Morgan fingerprint density at radius 3 is 2.06 bits per heavy atom. The van der Waals surface area contributed by atoms with Gasteiger partial charge >= 0.3 is 0 Å². The minimum Gasteiger partial charge on any atom is -0.385 e. The lowest BCUT2D eigenvalue weighted by Crippen LogP contribution is -2.37. The van der Waals surface area contributed by atoms with Gasteiger partial charge in [-0.05, 0) is 24.8 Å². The van der Waals surface area contributed by atoms with E-state index in [0.717, 1.165) is 44.5 Å². The van der Waals surface area contributed by atoms with Crippen LogP contribution in [0.5, 0.6) is 0 Å². The van der Waals surface area contributed by atoms with E-state index in [1.807, 2.05) is 0 Å². The maximum absolute atomic E-state index is 5.02. The molecular formula is C14H32N2O. The molecule has 0 aromatic carbocycles. The Hall–Kier alpha value is -0.120. The van der Waals surface area contributed by atoms with Gasteiger partial charge in [-0.3, -0.25) is 0 Å². The molecule has 104 valence electrons. The second-order valence-corrected chi connectivity index (χ2v) is 5.64. The van der Waals surface area contributed by atoms with Gasteiger partial charge in [0.1, 0.15) is 0 Å². The summed E-state index contributed by atoms with van der Waals surface area (Å²) in [5, 5.41) is 3.48. The molecule has 0 aliphatic heterocycles. The van der Waals surface area contributed by atoms with Crippen molar-refractivity contribution in [3.63, 3.8) is 0 Å². The molecule has 0 amide bonds. The van der Waals surface area contributed by atoms with Gasteiger partial charge in [-0.25, -0.2) is 0 Å². The topological polar surface area (TPSA) is 24.5 Å². The van der Waals surface area contributed by atoms with Crippen molar-refractivity contribution in [1.29, 1.82) is 0 Å². The first-order chi connectivity index (χ1) is 8.06. The molecule has 0 rings (SSSR count). The fraction of sp³-hybridized carbons (Fsp3) is 1.00. The van der Waals surface area contributed by atoms with Gasteiger partial charge in [0.05, 0.1) is 0 Å². The molecule has 0 aliphatic carbocycles. The number of rotatable bonds is 11. The zero-order valence-electron chi connectivity index (χ0n) is 12.5. The molecule has 0 aromatic rings. The van der Waals surface area contributed by atoms with Crippen LogP contribution in [-0.2, 0) is 4.74 Å². The quantitative estimate of drug-likeness (QED) is 0.564. The fourth-order valence-electron chi connectivity index (χ4n) is 1.99. The smallest absolute Gasteiger partial charge is 0.0474 e. The minimum atomic E-state index is 0.752. The Bertz CT molecular complexity index is 150. The van der Waals surface area contributed by atoms with Crippen LogP contribution in [0.15, 0.2) is 0 Å². The van der Waals surface area contributed by atoms with E-state index in [-0.39, 0.29) is 0 Å². The molecule has 0 saturated carbocycles. The van der Waals surface area contributed by atoms with Crippen LogP contribution in [0.1, 0.15) is 34.1 Å². The molecular weight excluding hydrogens is 212 g/mol. The lowest BCUT2D eigenvalue weighted by molar-refractivity contribution is 0.191. The van der Waals surface area contributed by atoms with Crippen LogP contribution in [0.2, 0.25) is 0 Å². The molecule has 0 aromatic heterocycles. The number of methoxy groups -OCH3 is 1. The van der Waals surface area contributed by atoms with Crippen molar-refractivity contribution in [2.75, 3.05) is 46.4 Å². The van der Waals surface area contributed by atoms with Crippen LogP contribution >= 0.6 is 0 Å². The van der Waals surface area contributed by atoms with E-state index in [0.29, 0.717) is 0 Å². The van der Waals surface area contributed by atoms with E-state index in [1.54, 1.807) is 7.11 Å². The maximum atomic E-state index is 5.02. The van der Waals surface area contributed by atoms with Crippen LogP contribution in [-0.4, -0.2) is 51.3 Å². The third kappa shape index (κ3) is 12.1. The van der Waals surface area contributed by atoms with E-state index < -0.39 is 0 Å². The molecule has 17 heavy (non-hydrogen) atoms. The van der Waals surface area contributed by atoms with Crippen molar-refractivity contribution < 1.29 is 4.74 Å². The SMILES string of the molecule is COCCCNCCN(CC(C)C)CC(C)C. The van der Waals surface area contributed by atoms with Gasteiger partial charge in [0.15, 0.2) is 0 Å². The highest BCUT2D eigenvalue weighted by molar-refractivity contribution is 4.64. The highest BCUT2D eigenvalue weighted by Crippen LogP contribution is 2.02. The summed E-state index contributed by atoms with van der Waals surface area (Å²) in [6.07, 6.45) is 1.10. The van der Waals surface area contributed by atoms with Crippen molar-refractivity contribution in [2.24, 2.45) is 11.8 Å². The van der Waals surface area contributed by atoms with Crippen LogP contribution in [0.3, 0.4) is 0 Å². The van der Waals surface area contributed by atoms with E-state index in [9.17, 15) is 0 Å². The van der Waals surface area contributed by atoms with E-state index in [2.05, 4.69) is 37.9 Å². The van der Waals surface area contributed by atoms with E-state index >= 15 is 0 Å². The molecule has 0 aliphatic rings. The normalized spacial score (nSPS) is 12.0. The molecule has 0 saturated heterocycles. The first-order valence-electron chi connectivity index (χ1n) is 6.98. The second kappa shape index (κ2) is 11.0. The number of nitrogens with zero attached hydrogens (tertiary/aromatic N) is 1. The maximum Gasteiger partial charge on any atom is 0.0474 e. The summed E-state index contributed by atoms with van der Waals surface area (Å²) in [7, 11) is 1.76. The van der Waals surface area contributed by atoms with Crippen LogP contribution in [0, 0.1) is 11.8 Å². The lowest BCUT2D eigenvalue weighted by atomic mass is 10.1. The molecule has 1 N–H and O–H groups in total. The molecule has 0 bridgehead atoms. The lowest BCUT2D eigenvalue weighted by Gasteiger charge is -2.26. The predicted octanol–water partition coefficient (Wildman–Crippen LogP) is 2.23. The summed E-state index contributed by atoms with van der Waals surface area (Å²) in [5.41, 5.74) is 0. The molecule has 3 heteroatoms. The summed E-state index contributed by atoms with van der Waals surface area (Å²) in [4.78, 5) is 2.57. The third-order valence-electron chi connectivity index (χ3n) is 2.55. The van der Waals surface area contributed by atoms with Gasteiger partial charge in [0.25, 0.3) is 0 Å². The highest BCUT2D eigenvalue weighted by Gasteiger charge is 2.08. The summed E-state index contributed by atoms with van der Waals surface area (Å²) in [5.74, 6) is 1.50. The van der Waals surface area contributed by atoms with Crippen molar-refractivity contribution in [2.45, 2.75) is 34.1 Å². The van der Waals surface area contributed by atoms with Crippen LogP contribution in [0.25, 0.3) is 0 Å². The Morgan fingerprint density at radius 1 is 1.00 bits per heavy atom. The van der Waals surface area contributed by atoms with Crippen molar-refractivity contribution in [3.05, 3.63) is 0 Å². The zero-order valence-corrected chi connectivity index (χ0v) is 12.5. The molecule has 0 radical (unpaired) electrons. The molecule has 0 atom stereocenters. The summed E-state index contributed by atoms with van der Waals surface area (Å²) in [6.45, 7) is 15.7. The van der Waals surface area contributed by atoms with Gasteiger partial charge in [-0.2, -0.15) is 0 Å². The Balaban J connectivity index is 3.60. The van der Waals surface area contributed by atoms with Crippen molar-refractivity contribution in [3.8, 4) is 0 Å². The zero-order chi connectivity index (χ0) is 13.1. The van der Waals surface area contributed by atoms with E-state index in [4.69, 9.17) is 4.74 Å². The highest BCUT2D eigenvalue weighted by atomic mass is 16.5. The van der Waals surface area contributed by atoms with E-state index in [1.165, 1.54) is 13.1 Å². The second-order valence-electron chi connectivity index (χ2n) is 5.64. The van der Waals surface area contributed by atoms with Gasteiger partial charge in [0.2, 0.25) is 0 Å². The summed E-state index contributed by atoms with van der Waals surface area (Å²) < 4.78 is 5.02. The molecule has 0 unspecified atom stereocenters. The molecule has 0 heterocycles. The first-order valence-corrected chi connectivity index (χ1v) is 6.98. The predicted molar refractivity (Wildman–Crippen MR) is 75.5 cm³/mol. The third-order valence-corrected chi connectivity index (χ3v) is 2.55. The standard InChI is InChI=1S/C14H32N2O/c1-13(2)11-16(12-14(3)4)9-8-15-7-6-10-17-5/h13-15H,6-12H2,1-5H3. The Labute approximate surface area is 108 Å². The number of hydrogen-bond donors (Lipinski definition) is 1. The minimum absolute atomic E-state index is 0.752. The number of hydrogen-bond acceptors (Lipinski definition) is 3. The monoisotopic (exact) mass is 244 g/mol. The number of ether oxygens (including phenoxy) is 1. The summed E-state index contributed by atoms with van der Waals surface area (Å²) >= 11 is 0. The van der Waals surface area contributed by atoms with Gasteiger partial charge < -0.3 is 15.0 Å². The first kappa shape index (κ1) is 16.9. The van der Waals surface area contributed by atoms with Gasteiger partial charge in [0, 0.05) is 39.9 Å². The number of nitrogens with one attached hydrogen (secondary N) is 1.